The van der Waals surface area contributed by atoms with Crippen LogP contribution in [0.3, 0.4) is 0 Å². The molecule has 1 saturated carbocycles. The van der Waals surface area contributed by atoms with Gasteiger partial charge in [0.25, 0.3) is 0 Å². The van der Waals surface area contributed by atoms with E-state index in [1.165, 1.54) is 6.07 Å². The molecule has 1 aromatic carbocycles. The van der Waals surface area contributed by atoms with Gasteiger partial charge in [0.15, 0.2) is 0 Å². The van der Waals surface area contributed by atoms with E-state index in [4.69, 9.17) is 10.5 Å². The molecule has 2 N–H and O–H groups in total. The van der Waals surface area contributed by atoms with Gasteiger partial charge in [0.2, 0.25) is 0 Å². The Morgan fingerprint density at radius 1 is 1.32 bits per heavy atom. The van der Waals surface area contributed by atoms with Crippen LogP contribution in [-0.2, 0) is 6.18 Å². The highest BCUT2D eigenvalue weighted by molar-refractivity contribution is 5.85. The third-order valence-corrected chi connectivity index (χ3v) is 2.93. The number of benzene rings is 1. The summed E-state index contributed by atoms with van der Waals surface area (Å²) in [6, 6.07) is 2.64. The molecule has 0 aromatic heterocycles. The Labute approximate surface area is 114 Å². The Morgan fingerprint density at radius 2 is 1.89 bits per heavy atom. The second-order valence-corrected chi connectivity index (χ2v) is 4.94. The monoisotopic (exact) mass is 299 g/mol. The molecule has 19 heavy (non-hydrogen) atoms. The summed E-state index contributed by atoms with van der Waals surface area (Å²) in [7, 11) is 0. The van der Waals surface area contributed by atoms with Crippen molar-refractivity contribution in [3.05, 3.63) is 29.6 Å². The zero-order valence-corrected chi connectivity index (χ0v) is 10.9. The lowest BCUT2D eigenvalue weighted by molar-refractivity contribution is -0.140. The molecule has 1 aliphatic carbocycles. The summed E-state index contributed by atoms with van der Waals surface area (Å²) >= 11 is 0. The highest BCUT2D eigenvalue weighted by Crippen LogP contribution is 2.36. The molecule has 2 rings (SSSR count). The topological polar surface area (TPSA) is 35.2 Å². The molecule has 0 spiro atoms. The van der Waals surface area contributed by atoms with Crippen LogP contribution >= 0.6 is 12.4 Å². The van der Waals surface area contributed by atoms with Crippen molar-refractivity contribution in [1.82, 2.24) is 0 Å². The summed E-state index contributed by atoms with van der Waals surface area (Å²) in [6.45, 7) is 1.85. The second-order valence-electron chi connectivity index (χ2n) is 4.94. The lowest BCUT2D eigenvalue weighted by Crippen LogP contribution is -2.54. The van der Waals surface area contributed by atoms with Crippen molar-refractivity contribution in [2.24, 2.45) is 5.73 Å². The van der Waals surface area contributed by atoms with Gasteiger partial charge in [-0.2, -0.15) is 13.2 Å². The van der Waals surface area contributed by atoms with Crippen LogP contribution in [0.4, 0.5) is 17.6 Å². The average molecular weight is 300 g/mol. The van der Waals surface area contributed by atoms with Crippen molar-refractivity contribution >= 4 is 12.4 Å². The van der Waals surface area contributed by atoms with Crippen LogP contribution in [0.1, 0.15) is 25.3 Å². The molecular weight excluding hydrogens is 286 g/mol. The molecule has 0 heterocycles. The maximum Gasteiger partial charge on any atom is 0.419 e. The van der Waals surface area contributed by atoms with Crippen LogP contribution in [0.2, 0.25) is 0 Å². The van der Waals surface area contributed by atoms with Crippen molar-refractivity contribution in [1.29, 1.82) is 0 Å². The maximum absolute atomic E-state index is 13.0. The summed E-state index contributed by atoms with van der Waals surface area (Å²) in [5.41, 5.74) is 4.14. The molecule has 0 unspecified atom stereocenters. The molecule has 0 radical (unpaired) electrons. The number of halogens is 5. The highest BCUT2D eigenvalue weighted by atomic mass is 35.5. The zero-order chi connectivity index (χ0) is 13.6. The Balaban J connectivity index is 0.00000180. The third-order valence-electron chi connectivity index (χ3n) is 2.93. The fourth-order valence-electron chi connectivity index (χ4n) is 2.05. The minimum absolute atomic E-state index is 0. The molecule has 1 aliphatic rings. The van der Waals surface area contributed by atoms with Crippen molar-refractivity contribution in [2.75, 3.05) is 0 Å². The number of ether oxygens (including phenoxy) is 1. The predicted octanol–water partition coefficient (Wildman–Crippen LogP) is 3.52. The molecule has 0 bridgehead atoms. The number of rotatable bonds is 2. The van der Waals surface area contributed by atoms with Crippen LogP contribution in [-0.4, -0.2) is 11.6 Å². The van der Waals surface area contributed by atoms with E-state index < -0.39 is 17.6 Å². The Hall–Kier alpha value is -1.01. The van der Waals surface area contributed by atoms with Gasteiger partial charge in [0.05, 0.1) is 5.56 Å². The normalized spacial score (nSPS) is 26.3. The van der Waals surface area contributed by atoms with Crippen LogP contribution in [0.25, 0.3) is 0 Å². The van der Waals surface area contributed by atoms with Gasteiger partial charge in [-0.3, -0.25) is 0 Å². The van der Waals surface area contributed by atoms with Crippen molar-refractivity contribution in [3.8, 4) is 5.75 Å². The maximum atomic E-state index is 13.0. The van der Waals surface area contributed by atoms with E-state index in [0.29, 0.717) is 18.9 Å². The van der Waals surface area contributed by atoms with Gasteiger partial charge < -0.3 is 10.5 Å². The molecule has 108 valence electrons. The van der Waals surface area contributed by atoms with E-state index in [9.17, 15) is 17.6 Å². The van der Waals surface area contributed by atoms with E-state index in [-0.39, 0.29) is 29.8 Å². The molecular formula is C12H14ClF4NO. The van der Waals surface area contributed by atoms with Crippen molar-refractivity contribution in [3.63, 3.8) is 0 Å². The number of hydrogen-bond donors (Lipinski definition) is 1. The molecule has 1 fully saturated rings. The molecule has 0 atom stereocenters. The lowest BCUT2D eigenvalue weighted by Gasteiger charge is -2.41. The largest absolute Gasteiger partial charge is 0.490 e. The highest BCUT2D eigenvalue weighted by Gasteiger charge is 2.39. The summed E-state index contributed by atoms with van der Waals surface area (Å²) in [4.78, 5) is 0. The van der Waals surface area contributed by atoms with Gasteiger partial charge in [-0.1, -0.05) is 0 Å². The van der Waals surface area contributed by atoms with Gasteiger partial charge in [0, 0.05) is 18.4 Å². The quantitative estimate of drug-likeness (QED) is 0.848. The number of hydrogen-bond acceptors (Lipinski definition) is 2. The summed E-state index contributed by atoms with van der Waals surface area (Å²) in [5.74, 6) is -1.28. The first-order valence-electron chi connectivity index (χ1n) is 5.50. The van der Waals surface area contributed by atoms with Crippen LogP contribution in [0.15, 0.2) is 18.2 Å². The first-order valence-corrected chi connectivity index (χ1v) is 5.50. The average Bonchev–Trinajstić information content (AvgIpc) is 2.16. The molecule has 1 aromatic rings. The van der Waals surface area contributed by atoms with Crippen LogP contribution < -0.4 is 10.5 Å². The zero-order valence-electron chi connectivity index (χ0n) is 10.1. The van der Waals surface area contributed by atoms with Gasteiger partial charge in [-0.15, -0.1) is 12.4 Å². The van der Waals surface area contributed by atoms with Gasteiger partial charge in [0.1, 0.15) is 17.7 Å². The van der Waals surface area contributed by atoms with E-state index in [0.717, 1.165) is 6.07 Å². The van der Waals surface area contributed by atoms with Gasteiger partial charge in [-0.05, 0) is 25.1 Å². The number of alkyl halides is 3. The van der Waals surface area contributed by atoms with E-state index >= 15 is 0 Å². The SMILES string of the molecule is CC1(N)CC(Oc2ccc(F)c(C(F)(F)F)c2)C1.Cl. The third kappa shape index (κ3) is 3.73. The predicted molar refractivity (Wildman–Crippen MR) is 64.9 cm³/mol. The second kappa shape index (κ2) is 5.17. The standard InChI is InChI=1S/C12H13F4NO.ClH/c1-11(17)5-8(6-11)18-7-2-3-10(13)9(4-7)12(14,15)16;/h2-4,8H,5-6,17H2,1H3;1H. The Bertz CT molecular complexity index is 454. The molecule has 2 nitrogen and oxygen atoms in total. The van der Waals surface area contributed by atoms with Gasteiger partial charge >= 0.3 is 6.18 Å². The molecule has 0 amide bonds. The summed E-state index contributed by atoms with van der Waals surface area (Å²) in [5, 5.41) is 0. The fourth-order valence-corrected chi connectivity index (χ4v) is 2.05. The number of nitrogens with two attached hydrogens (primary N) is 1. The van der Waals surface area contributed by atoms with Gasteiger partial charge in [-0.25, -0.2) is 4.39 Å². The minimum atomic E-state index is -4.72. The van der Waals surface area contributed by atoms with E-state index in [1.807, 2.05) is 6.92 Å². The first-order chi connectivity index (χ1) is 8.17. The molecule has 7 heteroatoms. The minimum Gasteiger partial charge on any atom is -0.490 e. The van der Waals surface area contributed by atoms with Crippen LogP contribution in [0, 0.1) is 5.82 Å². The molecule has 0 aliphatic heterocycles. The fraction of sp³-hybridized carbons (Fsp3) is 0.500. The Morgan fingerprint density at radius 3 is 2.37 bits per heavy atom. The molecule has 0 saturated heterocycles. The van der Waals surface area contributed by atoms with Crippen molar-refractivity contribution in [2.45, 2.75) is 37.6 Å². The first kappa shape index (κ1) is 16.0. The van der Waals surface area contributed by atoms with E-state index in [2.05, 4.69) is 0 Å². The summed E-state index contributed by atoms with van der Waals surface area (Å²) < 4.78 is 55.8. The van der Waals surface area contributed by atoms with Crippen molar-refractivity contribution < 1.29 is 22.3 Å². The van der Waals surface area contributed by atoms with E-state index in [1.54, 1.807) is 0 Å². The van der Waals surface area contributed by atoms with Crippen LogP contribution in [0.5, 0.6) is 5.75 Å². The summed E-state index contributed by atoms with van der Waals surface area (Å²) in [6.07, 6.45) is -3.77. The Kier molecular flexibility index (Phi) is 4.37. The lowest BCUT2D eigenvalue weighted by atomic mass is 9.77. The smallest absolute Gasteiger partial charge is 0.419 e.